The summed E-state index contributed by atoms with van der Waals surface area (Å²) in [6, 6.07) is 4.03. The Kier molecular flexibility index (Phi) is 3.29. The zero-order valence-electron chi connectivity index (χ0n) is 13.2. The van der Waals surface area contributed by atoms with Gasteiger partial charge in [-0.1, -0.05) is 0 Å². The predicted molar refractivity (Wildman–Crippen MR) is 85.4 cm³/mol. The molecule has 0 spiro atoms. The third-order valence-corrected chi connectivity index (χ3v) is 4.08. The molecular formula is C17H18N4O2. The largest absolute Gasteiger partial charge is 0.454 e. The van der Waals surface area contributed by atoms with Gasteiger partial charge in [0.2, 0.25) is 6.79 Å². The number of aromatic nitrogens is 4. The Bertz CT molecular complexity index is 850. The first-order chi connectivity index (χ1) is 11.2. The third-order valence-electron chi connectivity index (χ3n) is 4.08. The molecule has 3 heterocycles. The molecule has 3 aromatic rings. The number of rotatable bonds is 4. The van der Waals surface area contributed by atoms with Gasteiger partial charge in [-0.3, -0.25) is 4.68 Å². The Morgan fingerprint density at radius 1 is 1.22 bits per heavy atom. The fourth-order valence-electron chi connectivity index (χ4n) is 2.87. The Morgan fingerprint density at radius 3 is 2.83 bits per heavy atom. The normalized spacial score (nSPS) is 12.8. The van der Waals surface area contributed by atoms with E-state index in [9.17, 15) is 0 Å². The summed E-state index contributed by atoms with van der Waals surface area (Å²) < 4.78 is 14.9. The number of hydrogen-bond acceptors (Lipinski definition) is 4. The second-order valence-corrected chi connectivity index (χ2v) is 5.74. The van der Waals surface area contributed by atoms with Crippen LogP contribution in [0.2, 0.25) is 0 Å². The molecule has 0 unspecified atom stereocenters. The molecule has 6 heteroatoms. The standard InChI is InChI=1S/C17H18N4O2/c1-12-7-15-16(23-11-22-15)8-14(12)17-18-4-6-21(17)5-3-13-9-19-20(2)10-13/h4,6-10H,3,5,11H2,1-2H3. The molecule has 23 heavy (non-hydrogen) atoms. The van der Waals surface area contributed by atoms with Crippen molar-refractivity contribution in [1.29, 1.82) is 0 Å². The van der Waals surface area contributed by atoms with Crippen molar-refractivity contribution >= 4 is 0 Å². The molecule has 0 saturated heterocycles. The highest BCUT2D eigenvalue weighted by molar-refractivity contribution is 5.66. The van der Waals surface area contributed by atoms with Crippen LogP contribution in [-0.4, -0.2) is 26.1 Å². The van der Waals surface area contributed by atoms with E-state index in [2.05, 4.69) is 21.6 Å². The highest BCUT2D eigenvalue weighted by Gasteiger charge is 2.18. The SMILES string of the molecule is Cc1cc2c(cc1-c1nccn1CCc1cnn(C)c1)OCO2. The summed E-state index contributed by atoms with van der Waals surface area (Å²) in [5, 5.41) is 4.21. The monoisotopic (exact) mass is 310 g/mol. The van der Waals surface area contributed by atoms with Gasteiger partial charge >= 0.3 is 0 Å². The summed E-state index contributed by atoms with van der Waals surface area (Å²) in [7, 11) is 1.93. The van der Waals surface area contributed by atoms with Crippen molar-refractivity contribution in [3.8, 4) is 22.9 Å². The van der Waals surface area contributed by atoms with E-state index in [1.54, 1.807) is 0 Å². The van der Waals surface area contributed by atoms with E-state index < -0.39 is 0 Å². The first kappa shape index (κ1) is 13.9. The van der Waals surface area contributed by atoms with E-state index in [1.807, 2.05) is 48.6 Å². The molecule has 0 bridgehead atoms. The van der Waals surface area contributed by atoms with E-state index in [0.29, 0.717) is 0 Å². The van der Waals surface area contributed by atoms with Gasteiger partial charge in [-0.05, 0) is 36.6 Å². The Labute approximate surface area is 134 Å². The lowest BCUT2D eigenvalue weighted by Gasteiger charge is -2.10. The summed E-state index contributed by atoms with van der Waals surface area (Å²) in [6.45, 7) is 3.21. The number of aryl methyl sites for hydroxylation is 4. The maximum Gasteiger partial charge on any atom is 0.231 e. The zero-order chi connectivity index (χ0) is 15.8. The number of ether oxygens (including phenoxy) is 2. The first-order valence-electron chi connectivity index (χ1n) is 7.60. The van der Waals surface area contributed by atoms with Crippen LogP contribution in [0.25, 0.3) is 11.4 Å². The first-order valence-corrected chi connectivity index (χ1v) is 7.60. The quantitative estimate of drug-likeness (QED) is 0.743. The number of nitrogens with zero attached hydrogens (tertiary/aromatic N) is 4. The molecular weight excluding hydrogens is 292 g/mol. The molecule has 1 aromatic carbocycles. The Hall–Kier alpha value is -2.76. The second-order valence-electron chi connectivity index (χ2n) is 5.74. The molecule has 4 rings (SSSR count). The van der Waals surface area contributed by atoms with Crippen LogP contribution in [0.4, 0.5) is 0 Å². The van der Waals surface area contributed by atoms with Crippen molar-refractivity contribution in [2.45, 2.75) is 19.9 Å². The van der Waals surface area contributed by atoms with Gasteiger partial charge in [-0.15, -0.1) is 0 Å². The van der Waals surface area contributed by atoms with Crippen molar-refractivity contribution in [3.63, 3.8) is 0 Å². The van der Waals surface area contributed by atoms with Crippen LogP contribution in [0.5, 0.6) is 11.5 Å². The van der Waals surface area contributed by atoms with Crippen molar-refractivity contribution in [1.82, 2.24) is 19.3 Å². The smallest absolute Gasteiger partial charge is 0.231 e. The average Bonchev–Trinajstić information content (AvgIpc) is 3.24. The van der Waals surface area contributed by atoms with Crippen molar-refractivity contribution in [3.05, 3.63) is 48.0 Å². The number of benzene rings is 1. The van der Waals surface area contributed by atoms with E-state index in [-0.39, 0.29) is 6.79 Å². The van der Waals surface area contributed by atoms with Gasteiger partial charge < -0.3 is 14.0 Å². The lowest BCUT2D eigenvalue weighted by molar-refractivity contribution is 0.174. The van der Waals surface area contributed by atoms with Crippen molar-refractivity contribution in [2.24, 2.45) is 7.05 Å². The van der Waals surface area contributed by atoms with Crippen LogP contribution in [0.1, 0.15) is 11.1 Å². The maximum atomic E-state index is 5.49. The summed E-state index contributed by atoms with van der Waals surface area (Å²) in [5.74, 6) is 2.54. The highest BCUT2D eigenvalue weighted by Crippen LogP contribution is 2.38. The fraction of sp³-hybridized carbons (Fsp3) is 0.294. The minimum absolute atomic E-state index is 0.285. The second kappa shape index (κ2) is 5.46. The zero-order valence-corrected chi connectivity index (χ0v) is 13.2. The number of fused-ring (bicyclic) bond motifs is 1. The Balaban J connectivity index is 1.62. The van der Waals surface area contributed by atoms with Gasteiger partial charge in [0.1, 0.15) is 5.82 Å². The minimum atomic E-state index is 0.285. The summed E-state index contributed by atoms with van der Waals surface area (Å²) in [6.07, 6.45) is 8.71. The average molecular weight is 310 g/mol. The van der Waals surface area contributed by atoms with Crippen LogP contribution < -0.4 is 9.47 Å². The molecule has 1 aliphatic heterocycles. The summed E-state index contributed by atoms with van der Waals surface area (Å²) in [4.78, 5) is 4.54. The van der Waals surface area contributed by atoms with Crippen LogP contribution in [0.3, 0.4) is 0 Å². The molecule has 6 nitrogen and oxygen atoms in total. The molecule has 0 atom stereocenters. The van der Waals surface area contributed by atoms with Crippen LogP contribution >= 0.6 is 0 Å². The number of hydrogen-bond donors (Lipinski definition) is 0. The Morgan fingerprint density at radius 2 is 2.04 bits per heavy atom. The molecule has 0 radical (unpaired) electrons. The minimum Gasteiger partial charge on any atom is -0.454 e. The molecule has 0 fully saturated rings. The van der Waals surface area contributed by atoms with Gasteiger partial charge in [0, 0.05) is 37.7 Å². The van der Waals surface area contributed by atoms with E-state index in [1.165, 1.54) is 5.56 Å². The lowest BCUT2D eigenvalue weighted by Crippen LogP contribution is -2.03. The van der Waals surface area contributed by atoms with Gasteiger partial charge in [0.15, 0.2) is 11.5 Å². The van der Waals surface area contributed by atoms with E-state index in [4.69, 9.17) is 9.47 Å². The summed E-state index contributed by atoms with van der Waals surface area (Å²) in [5.41, 5.74) is 3.42. The molecule has 0 N–H and O–H groups in total. The number of imidazole rings is 1. The molecule has 0 amide bonds. The highest BCUT2D eigenvalue weighted by atomic mass is 16.7. The van der Waals surface area contributed by atoms with Crippen LogP contribution in [0.15, 0.2) is 36.9 Å². The van der Waals surface area contributed by atoms with Crippen LogP contribution in [-0.2, 0) is 20.0 Å². The predicted octanol–water partition coefficient (Wildman–Crippen LogP) is 2.56. The van der Waals surface area contributed by atoms with E-state index >= 15 is 0 Å². The van der Waals surface area contributed by atoms with Crippen molar-refractivity contribution < 1.29 is 9.47 Å². The van der Waals surface area contributed by atoms with Gasteiger partial charge in [-0.25, -0.2) is 4.98 Å². The maximum absolute atomic E-state index is 5.49. The molecule has 2 aromatic heterocycles. The molecule has 118 valence electrons. The van der Waals surface area contributed by atoms with Crippen LogP contribution in [0, 0.1) is 6.92 Å². The van der Waals surface area contributed by atoms with E-state index in [0.717, 1.165) is 41.4 Å². The molecule has 0 saturated carbocycles. The fourth-order valence-corrected chi connectivity index (χ4v) is 2.87. The molecule has 0 aliphatic carbocycles. The van der Waals surface area contributed by atoms with Crippen molar-refractivity contribution in [2.75, 3.05) is 6.79 Å². The molecule has 1 aliphatic rings. The lowest BCUT2D eigenvalue weighted by atomic mass is 10.1. The van der Waals surface area contributed by atoms with Gasteiger partial charge in [0.25, 0.3) is 0 Å². The summed E-state index contributed by atoms with van der Waals surface area (Å²) >= 11 is 0. The topological polar surface area (TPSA) is 54.1 Å². The third kappa shape index (κ3) is 2.56. The van der Waals surface area contributed by atoms with Gasteiger partial charge in [-0.2, -0.15) is 5.10 Å². The van der Waals surface area contributed by atoms with Gasteiger partial charge in [0.05, 0.1) is 6.20 Å².